The van der Waals surface area contributed by atoms with Crippen molar-refractivity contribution in [1.29, 1.82) is 0 Å². The van der Waals surface area contributed by atoms with E-state index in [1.807, 2.05) is 22.1 Å². The van der Waals surface area contributed by atoms with Gasteiger partial charge in [0.25, 0.3) is 5.56 Å². The van der Waals surface area contributed by atoms with Crippen molar-refractivity contribution in [2.45, 2.75) is 37.8 Å². The van der Waals surface area contributed by atoms with Crippen LogP contribution < -0.4 is 15.8 Å². The number of piperidine rings is 1. The molecule has 1 atom stereocenters. The van der Waals surface area contributed by atoms with E-state index in [0.717, 1.165) is 31.0 Å². The van der Waals surface area contributed by atoms with E-state index in [-0.39, 0.29) is 11.6 Å². The van der Waals surface area contributed by atoms with Gasteiger partial charge in [-0.2, -0.15) is 9.36 Å². The highest BCUT2D eigenvalue weighted by atomic mass is 32.2. The first-order chi connectivity index (χ1) is 22.8. The lowest BCUT2D eigenvalue weighted by atomic mass is 10.0. The molecule has 0 aliphatic carbocycles. The number of piperazine rings is 1. The van der Waals surface area contributed by atoms with Crippen molar-refractivity contribution in [3.05, 3.63) is 70.9 Å². The van der Waals surface area contributed by atoms with Gasteiger partial charge in [0.05, 0.1) is 23.7 Å². The summed E-state index contributed by atoms with van der Waals surface area (Å²) >= 11 is 1.32. The molecule has 5 aromatic rings. The van der Waals surface area contributed by atoms with Gasteiger partial charge < -0.3 is 10.2 Å². The molecular formula is C32H36N10O3S2. The Balaban J connectivity index is 1.13. The normalized spacial score (nSPS) is 19.8. The van der Waals surface area contributed by atoms with Gasteiger partial charge in [0.15, 0.2) is 0 Å². The van der Waals surface area contributed by atoms with Crippen LogP contribution in [-0.4, -0.2) is 97.6 Å². The Labute approximate surface area is 276 Å². The molecule has 244 valence electrons. The van der Waals surface area contributed by atoms with Crippen molar-refractivity contribution in [2.24, 2.45) is 0 Å². The number of hydrogen-bond acceptors (Lipinski definition) is 11. The average Bonchev–Trinajstić information content (AvgIpc) is 3.87. The summed E-state index contributed by atoms with van der Waals surface area (Å²) in [6.07, 6.45) is 11.7. The number of aromatic nitrogens is 6. The maximum Gasteiger partial charge on any atom is 0.263 e. The van der Waals surface area contributed by atoms with Crippen molar-refractivity contribution < 1.29 is 8.42 Å². The van der Waals surface area contributed by atoms with Crippen molar-refractivity contribution in [3.8, 4) is 17.1 Å². The van der Waals surface area contributed by atoms with E-state index in [0.29, 0.717) is 60.3 Å². The lowest BCUT2D eigenvalue weighted by molar-refractivity contribution is 0.231. The first-order valence-electron chi connectivity index (χ1n) is 16.0. The van der Waals surface area contributed by atoms with E-state index in [4.69, 9.17) is 4.98 Å². The van der Waals surface area contributed by atoms with Gasteiger partial charge in [-0.1, -0.05) is 0 Å². The molecule has 3 aliphatic rings. The van der Waals surface area contributed by atoms with Crippen LogP contribution in [0.2, 0.25) is 0 Å². The van der Waals surface area contributed by atoms with Crippen LogP contribution in [0.5, 0.6) is 0 Å². The number of rotatable bonds is 7. The molecule has 4 aromatic heterocycles. The summed E-state index contributed by atoms with van der Waals surface area (Å²) in [6.45, 7) is 5.08. The van der Waals surface area contributed by atoms with E-state index in [1.165, 1.54) is 47.2 Å². The van der Waals surface area contributed by atoms with Crippen LogP contribution in [0.25, 0.3) is 28.1 Å². The van der Waals surface area contributed by atoms with Crippen LogP contribution in [-0.2, 0) is 10.0 Å². The van der Waals surface area contributed by atoms with Crippen molar-refractivity contribution in [3.63, 3.8) is 0 Å². The monoisotopic (exact) mass is 672 g/mol. The number of imidazole rings is 1. The summed E-state index contributed by atoms with van der Waals surface area (Å²) < 4.78 is 33.7. The van der Waals surface area contributed by atoms with E-state index in [9.17, 15) is 13.2 Å². The van der Waals surface area contributed by atoms with Gasteiger partial charge in [0, 0.05) is 85.5 Å². The van der Waals surface area contributed by atoms with Crippen LogP contribution >= 0.6 is 11.5 Å². The smallest absolute Gasteiger partial charge is 0.263 e. The number of nitrogens with zero attached hydrogens (tertiary/aromatic N) is 9. The maximum absolute atomic E-state index is 14.4. The van der Waals surface area contributed by atoms with Crippen LogP contribution in [0, 0.1) is 0 Å². The largest absolute Gasteiger partial charge is 0.369 e. The quantitative estimate of drug-likeness (QED) is 0.273. The molecular weight excluding hydrogens is 637 g/mol. The summed E-state index contributed by atoms with van der Waals surface area (Å²) in [5, 5.41) is 5.92. The van der Waals surface area contributed by atoms with Gasteiger partial charge in [-0.25, -0.2) is 22.7 Å². The standard InChI is InChI=1S/C32H36N10O3S2/c1-47(44,45)40-12-8-25(9-13-40)42-29-22(17-28(31(42)43)30-33-10-14-41(30)27-19-35-46-21-27)18-34-32(37-29)36-23-4-6-24(7-5-23)39-16-15-38-11-2-3-26(38)20-39/h4-7,10,14,17-19,21,25-26H,2-3,8-9,11-13,15-16,20H2,1H3,(H,34,36,37). The third kappa shape index (κ3) is 5.81. The fraction of sp³-hybridized carbons (Fsp3) is 0.406. The Morgan fingerprint density at radius 3 is 2.53 bits per heavy atom. The molecule has 13 nitrogen and oxygen atoms in total. The van der Waals surface area contributed by atoms with Crippen molar-refractivity contribution in [1.82, 2.24) is 37.7 Å². The van der Waals surface area contributed by atoms with Gasteiger partial charge in [0.1, 0.15) is 11.5 Å². The second-order valence-electron chi connectivity index (χ2n) is 12.6. The highest BCUT2D eigenvalue weighted by Gasteiger charge is 2.31. The molecule has 15 heteroatoms. The number of benzene rings is 1. The van der Waals surface area contributed by atoms with E-state index >= 15 is 0 Å². The zero-order chi connectivity index (χ0) is 32.1. The van der Waals surface area contributed by atoms with E-state index < -0.39 is 10.0 Å². The number of hydrogen-bond donors (Lipinski definition) is 1. The molecule has 0 amide bonds. The van der Waals surface area contributed by atoms with Crippen molar-refractivity contribution >= 4 is 49.9 Å². The first-order valence-corrected chi connectivity index (χ1v) is 18.7. The van der Waals surface area contributed by atoms with Gasteiger partial charge in [0.2, 0.25) is 16.0 Å². The minimum Gasteiger partial charge on any atom is -0.369 e. The van der Waals surface area contributed by atoms with Gasteiger partial charge >= 0.3 is 0 Å². The molecule has 1 unspecified atom stereocenters. The van der Waals surface area contributed by atoms with Gasteiger partial charge in [-0.3, -0.25) is 18.8 Å². The molecule has 0 bridgehead atoms. The highest BCUT2D eigenvalue weighted by Crippen LogP contribution is 2.30. The summed E-state index contributed by atoms with van der Waals surface area (Å²) in [6, 6.07) is 10.5. The molecule has 7 heterocycles. The predicted octanol–water partition coefficient (Wildman–Crippen LogP) is 3.73. The number of nitrogens with one attached hydrogen (secondary N) is 1. The summed E-state index contributed by atoms with van der Waals surface area (Å²) in [7, 11) is -3.33. The molecule has 1 N–H and O–H groups in total. The van der Waals surface area contributed by atoms with Crippen LogP contribution in [0.3, 0.4) is 0 Å². The Hall–Kier alpha value is -4.18. The Kier molecular flexibility index (Phi) is 7.78. The van der Waals surface area contributed by atoms with Gasteiger partial charge in [-0.15, -0.1) is 0 Å². The lowest BCUT2D eigenvalue weighted by Gasteiger charge is -2.38. The van der Waals surface area contributed by atoms with Crippen LogP contribution in [0.15, 0.2) is 65.3 Å². The van der Waals surface area contributed by atoms with Crippen molar-refractivity contribution in [2.75, 3.05) is 55.7 Å². The second kappa shape index (κ2) is 12.1. The summed E-state index contributed by atoms with van der Waals surface area (Å²) in [4.78, 5) is 33.5. The Bertz CT molecular complexity index is 2070. The topological polar surface area (TPSA) is 134 Å². The molecule has 47 heavy (non-hydrogen) atoms. The second-order valence-corrected chi connectivity index (χ2v) is 15.2. The maximum atomic E-state index is 14.4. The third-order valence-corrected chi connectivity index (χ3v) is 11.6. The van der Waals surface area contributed by atoms with Crippen LogP contribution in [0.4, 0.5) is 17.3 Å². The number of anilines is 3. The number of pyridine rings is 1. The highest BCUT2D eigenvalue weighted by molar-refractivity contribution is 7.88. The predicted molar refractivity (Wildman–Crippen MR) is 183 cm³/mol. The molecule has 0 saturated carbocycles. The SMILES string of the molecule is CS(=O)(=O)N1CCC(n2c(=O)c(-c3nccn3-c3cnsc3)cc3cnc(Nc4ccc(N5CCN6CCCC6C5)cc4)nc32)CC1. The average molecular weight is 673 g/mol. The molecule has 0 radical (unpaired) electrons. The molecule has 3 aliphatic heterocycles. The number of sulfonamides is 1. The summed E-state index contributed by atoms with van der Waals surface area (Å²) in [5.74, 6) is 0.876. The zero-order valence-electron chi connectivity index (χ0n) is 26.1. The molecule has 1 aromatic carbocycles. The first kappa shape index (κ1) is 30.2. The van der Waals surface area contributed by atoms with E-state index in [2.05, 4.69) is 41.6 Å². The lowest BCUT2D eigenvalue weighted by Crippen LogP contribution is -2.50. The van der Waals surface area contributed by atoms with Gasteiger partial charge in [-0.05, 0) is 74.1 Å². The van der Waals surface area contributed by atoms with E-state index in [1.54, 1.807) is 35.4 Å². The van der Waals surface area contributed by atoms with Crippen LogP contribution in [0.1, 0.15) is 31.7 Å². The fourth-order valence-electron chi connectivity index (χ4n) is 7.25. The molecule has 3 fully saturated rings. The minimum atomic E-state index is -3.33. The summed E-state index contributed by atoms with van der Waals surface area (Å²) in [5.41, 5.74) is 3.55. The Morgan fingerprint density at radius 2 is 1.77 bits per heavy atom. The fourth-order valence-corrected chi connectivity index (χ4v) is 8.64. The number of fused-ring (bicyclic) bond motifs is 2. The minimum absolute atomic E-state index is 0.234. The Morgan fingerprint density at radius 1 is 0.936 bits per heavy atom. The third-order valence-electron chi connectivity index (χ3n) is 9.69. The molecule has 0 spiro atoms. The molecule has 3 saturated heterocycles. The zero-order valence-corrected chi connectivity index (χ0v) is 27.7. The molecule has 8 rings (SSSR count).